The summed E-state index contributed by atoms with van der Waals surface area (Å²) >= 11 is 4.15. The molecule has 0 saturated carbocycles. The Balaban J connectivity index is 0.000000185. The third-order valence-electron chi connectivity index (χ3n) is 3.44. The van der Waals surface area contributed by atoms with Gasteiger partial charge in [-0.1, -0.05) is 24.3 Å². The Morgan fingerprint density at radius 1 is 1.26 bits per heavy atom. The minimum absolute atomic E-state index is 0.175. The highest BCUT2D eigenvalue weighted by Crippen LogP contribution is 2.19. The third-order valence-corrected chi connectivity index (χ3v) is 3.81. The highest BCUT2D eigenvalue weighted by molar-refractivity contribution is 7.80. The number of ether oxygens (including phenoxy) is 2. The summed E-state index contributed by atoms with van der Waals surface area (Å²) in [6.07, 6.45) is 0.968. The van der Waals surface area contributed by atoms with Gasteiger partial charge in [-0.3, -0.25) is 0 Å². The number of nitrogens with one attached hydrogen (secondary N) is 1. The second-order valence-electron chi connectivity index (χ2n) is 5.20. The fourth-order valence-corrected chi connectivity index (χ4v) is 2.56. The number of methoxy groups -OCH3 is 1. The molecule has 0 spiro atoms. The van der Waals surface area contributed by atoms with E-state index in [1.54, 1.807) is 19.2 Å². The van der Waals surface area contributed by atoms with Crippen molar-refractivity contribution in [2.75, 3.05) is 26.8 Å². The zero-order valence-corrected chi connectivity index (χ0v) is 14.1. The van der Waals surface area contributed by atoms with Crippen molar-refractivity contribution in [1.29, 1.82) is 0 Å². The van der Waals surface area contributed by atoms with Gasteiger partial charge in [0.25, 0.3) is 0 Å². The molecule has 0 radical (unpaired) electrons. The van der Waals surface area contributed by atoms with Gasteiger partial charge in [-0.15, -0.1) is 12.6 Å². The number of halogens is 1. The molecule has 2 aromatic rings. The molecule has 1 saturated heterocycles. The molecular formula is C18H22FNO2S. The summed E-state index contributed by atoms with van der Waals surface area (Å²) < 4.78 is 23.4. The van der Waals surface area contributed by atoms with E-state index < -0.39 is 0 Å². The highest BCUT2D eigenvalue weighted by atomic mass is 32.1. The lowest BCUT2D eigenvalue weighted by molar-refractivity contribution is 0.0292. The first-order chi connectivity index (χ1) is 11.2. The summed E-state index contributed by atoms with van der Waals surface area (Å²) in [7, 11) is 1.63. The molecule has 0 amide bonds. The molecule has 1 atom stereocenters. The standard InChI is InChI=1S/C11H14FNO.C7H8OS/c12-10-3-1-2-9(6-10)7-11-8-13-4-5-14-11;1-8-6-4-2-3-5-7(6)9/h1-3,6,11,13H,4-5,7-8H2;2-5,9H,1H3. The minimum Gasteiger partial charge on any atom is -0.496 e. The van der Waals surface area contributed by atoms with Gasteiger partial charge in [0.05, 0.1) is 19.8 Å². The number of thiol groups is 1. The summed E-state index contributed by atoms with van der Waals surface area (Å²) in [5, 5.41) is 3.25. The maximum Gasteiger partial charge on any atom is 0.132 e. The van der Waals surface area contributed by atoms with Crippen LogP contribution in [0.2, 0.25) is 0 Å². The van der Waals surface area contributed by atoms with E-state index in [0.29, 0.717) is 0 Å². The van der Waals surface area contributed by atoms with Gasteiger partial charge in [0.15, 0.2) is 0 Å². The summed E-state index contributed by atoms with van der Waals surface area (Å²) in [5.74, 6) is 0.645. The van der Waals surface area contributed by atoms with Crippen molar-refractivity contribution in [2.24, 2.45) is 0 Å². The van der Waals surface area contributed by atoms with Crippen LogP contribution in [0.3, 0.4) is 0 Å². The summed E-state index contributed by atoms with van der Waals surface area (Å²) in [5.41, 5.74) is 0.999. The molecule has 0 aliphatic carbocycles. The molecule has 5 heteroatoms. The number of hydrogen-bond acceptors (Lipinski definition) is 4. The van der Waals surface area contributed by atoms with E-state index in [4.69, 9.17) is 9.47 Å². The normalized spacial score (nSPS) is 17.1. The van der Waals surface area contributed by atoms with Crippen molar-refractivity contribution in [3.05, 3.63) is 59.9 Å². The Morgan fingerprint density at radius 3 is 2.70 bits per heavy atom. The first-order valence-electron chi connectivity index (χ1n) is 7.58. The van der Waals surface area contributed by atoms with Gasteiger partial charge in [-0.2, -0.15) is 0 Å². The van der Waals surface area contributed by atoms with Crippen LogP contribution in [-0.2, 0) is 11.2 Å². The smallest absolute Gasteiger partial charge is 0.132 e. The van der Waals surface area contributed by atoms with Gasteiger partial charge in [-0.25, -0.2) is 4.39 Å². The van der Waals surface area contributed by atoms with E-state index in [1.807, 2.05) is 30.3 Å². The van der Waals surface area contributed by atoms with Crippen LogP contribution in [0.5, 0.6) is 5.75 Å². The van der Waals surface area contributed by atoms with Crippen molar-refractivity contribution in [2.45, 2.75) is 17.4 Å². The maximum atomic E-state index is 12.9. The van der Waals surface area contributed by atoms with Gasteiger partial charge in [0.2, 0.25) is 0 Å². The molecular weight excluding hydrogens is 313 g/mol. The van der Waals surface area contributed by atoms with Gasteiger partial charge >= 0.3 is 0 Å². The predicted octanol–water partition coefficient (Wildman–Crippen LogP) is 3.34. The summed E-state index contributed by atoms with van der Waals surface area (Å²) in [6, 6.07) is 14.3. The van der Waals surface area contributed by atoms with Crippen LogP contribution in [0.25, 0.3) is 0 Å². The molecule has 1 heterocycles. The zero-order valence-electron chi connectivity index (χ0n) is 13.2. The van der Waals surface area contributed by atoms with Crippen molar-refractivity contribution in [1.82, 2.24) is 5.32 Å². The fraction of sp³-hybridized carbons (Fsp3) is 0.333. The number of para-hydroxylation sites is 1. The Morgan fingerprint density at radius 2 is 2.09 bits per heavy atom. The van der Waals surface area contributed by atoms with Crippen LogP contribution in [0.1, 0.15) is 5.56 Å². The summed E-state index contributed by atoms with van der Waals surface area (Å²) in [6.45, 7) is 2.52. The first-order valence-corrected chi connectivity index (χ1v) is 8.02. The average molecular weight is 335 g/mol. The molecule has 1 N–H and O–H groups in total. The SMILES string of the molecule is COc1ccccc1S.Fc1cccc(CC2CNCCO2)c1. The van der Waals surface area contributed by atoms with Gasteiger partial charge in [-0.05, 0) is 36.2 Å². The highest BCUT2D eigenvalue weighted by Gasteiger charge is 2.13. The Kier molecular flexibility index (Phi) is 7.39. The quantitative estimate of drug-likeness (QED) is 0.844. The van der Waals surface area contributed by atoms with Crippen LogP contribution in [0, 0.1) is 5.82 Å². The van der Waals surface area contributed by atoms with Crippen molar-refractivity contribution in [3.63, 3.8) is 0 Å². The lowest BCUT2D eigenvalue weighted by atomic mass is 10.1. The molecule has 1 aliphatic heterocycles. The first kappa shape index (κ1) is 17.8. The van der Waals surface area contributed by atoms with Crippen molar-refractivity contribution < 1.29 is 13.9 Å². The molecule has 1 fully saturated rings. The van der Waals surface area contributed by atoms with Crippen LogP contribution < -0.4 is 10.1 Å². The van der Waals surface area contributed by atoms with E-state index in [-0.39, 0.29) is 11.9 Å². The lowest BCUT2D eigenvalue weighted by Gasteiger charge is -2.23. The number of morpholine rings is 1. The molecule has 3 rings (SSSR count). The van der Waals surface area contributed by atoms with Crippen molar-refractivity contribution in [3.8, 4) is 5.75 Å². The van der Waals surface area contributed by atoms with Crippen LogP contribution in [0.15, 0.2) is 53.4 Å². The number of rotatable bonds is 3. The van der Waals surface area contributed by atoms with E-state index >= 15 is 0 Å². The molecule has 2 aromatic carbocycles. The van der Waals surface area contributed by atoms with Crippen molar-refractivity contribution >= 4 is 12.6 Å². The third kappa shape index (κ3) is 6.22. The molecule has 3 nitrogen and oxygen atoms in total. The Hall–Kier alpha value is -1.56. The lowest BCUT2D eigenvalue weighted by Crippen LogP contribution is -2.39. The largest absolute Gasteiger partial charge is 0.496 e. The summed E-state index contributed by atoms with van der Waals surface area (Å²) in [4.78, 5) is 0.875. The average Bonchev–Trinajstić information content (AvgIpc) is 2.57. The van der Waals surface area contributed by atoms with Crippen LogP contribution in [-0.4, -0.2) is 32.9 Å². The maximum absolute atomic E-state index is 12.9. The Labute approximate surface area is 142 Å². The molecule has 124 valence electrons. The molecule has 0 bridgehead atoms. The molecule has 1 aliphatic rings. The van der Waals surface area contributed by atoms with Gasteiger partial charge in [0, 0.05) is 18.0 Å². The Bertz CT molecular complexity index is 603. The monoisotopic (exact) mass is 335 g/mol. The van der Waals surface area contributed by atoms with Crippen LogP contribution >= 0.6 is 12.6 Å². The van der Waals surface area contributed by atoms with Gasteiger partial charge in [0.1, 0.15) is 11.6 Å². The number of hydrogen-bond donors (Lipinski definition) is 2. The molecule has 1 unspecified atom stereocenters. The van der Waals surface area contributed by atoms with Gasteiger partial charge < -0.3 is 14.8 Å². The van der Waals surface area contributed by atoms with E-state index in [2.05, 4.69) is 17.9 Å². The zero-order chi connectivity index (χ0) is 16.5. The second-order valence-corrected chi connectivity index (χ2v) is 5.68. The van der Waals surface area contributed by atoms with Crippen LogP contribution in [0.4, 0.5) is 4.39 Å². The predicted molar refractivity (Wildman–Crippen MR) is 93.0 cm³/mol. The molecule has 0 aromatic heterocycles. The molecule has 23 heavy (non-hydrogen) atoms. The minimum atomic E-state index is -0.175. The topological polar surface area (TPSA) is 30.5 Å². The van der Waals surface area contributed by atoms with E-state index in [9.17, 15) is 4.39 Å². The van der Waals surface area contributed by atoms with E-state index in [0.717, 1.165) is 42.3 Å². The number of benzene rings is 2. The van der Waals surface area contributed by atoms with E-state index in [1.165, 1.54) is 6.07 Å². The fourth-order valence-electron chi connectivity index (χ4n) is 2.31. The second kappa shape index (κ2) is 9.55.